The zero-order valence-corrected chi connectivity index (χ0v) is 11.3. The monoisotopic (exact) mass is 235 g/mol. The molecule has 0 spiro atoms. The Bertz CT molecular complexity index is 363. The van der Waals surface area contributed by atoms with Crippen LogP contribution in [0.25, 0.3) is 0 Å². The second-order valence-corrected chi connectivity index (χ2v) is 6.35. The molecule has 1 atom stereocenters. The van der Waals surface area contributed by atoms with Crippen molar-refractivity contribution in [3.63, 3.8) is 0 Å². The van der Waals surface area contributed by atoms with E-state index in [1.165, 1.54) is 25.0 Å². The molecule has 1 aliphatic carbocycles. The molecule has 96 valence electrons. The highest BCUT2D eigenvalue weighted by Crippen LogP contribution is 2.42. The number of imidazole rings is 1. The molecule has 2 N–H and O–H groups in total. The van der Waals surface area contributed by atoms with Gasteiger partial charge in [-0.05, 0) is 30.6 Å². The smallest absolute Gasteiger partial charge is 0.0948 e. The first kappa shape index (κ1) is 12.6. The molecule has 1 unspecified atom stereocenters. The van der Waals surface area contributed by atoms with Gasteiger partial charge in [0.25, 0.3) is 0 Å². The minimum atomic E-state index is 0.126. The molecule has 1 aliphatic rings. The quantitative estimate of drug-likeness (QED) is 0.852. The Morgan fingerprint density at radius 1 is 1.47 bits per heavy atom. The van der Waals surface area contributed by atoms with Gasteiger partial charge >= 0.3 is 0 Å². The molecule has 2 rings (SSSR count). The maximum absolute atomic E-state index is 6.26. The molecule has 0 aromatic carbocycles. The van der Waals surface area contributed by atoms with Gasteiger partial charge in [-0.3, -0.25) is 0 Å². The molecule has 1 aromatic heterocycles. The summed E-state index contributed by atoms with van der Waals surface area (Å²) in [6.07, 6.45) is 8.96. The Morgan fingerprint density at radius 3 is 2.71 bits per heavy atom. The van der Waals surface area contributed by atoms with Crippen LogP contribution in [0, 0.1) is 11.3 Å². The Labute approximate surface area is 104 Å². The van der Waals surface area contributed by atoms with Gasteiger partial charge in [0.15, 0.2) is 0 Å². The number of nitrogens with two attached hydrogens (primary N) is 1. The lowest BCUT2D eigenvalue weighted by Gasteiger charge is -2.39. The minimum Gasteiger partial charge on any atom is -0.333 e. The van der Waals surface area contributed by atoms with Crippen molar-refractivity contribution in [2.45, 2.75) is 59.0 Å². The third kappa shape index (κ3) is 2.89. The predicted octanol–water partition coefficient (Wildman–Crippen LogP) is 3.12. The van der Waals surface area contributed by atoms with Crippen LogP contribution in [0.15, 0.2) is 12.5 Å². The van der Waals surface area contributed by atoms with Crippen molar-refractivity contribution in [2.75, 3.05) is 0 Å². The highest BCUT2D eigenvalue weighted by atomic mass is 15.1. The summed E-state index contributed by atoms with van der Waals surface area (Å²) in [6, 6.07) is 0.126. The average Bonchev–Trinajstić information content (AvgIpc) is 2.62. The van der Waals surface area contributed by atoms with Crippen LogP contribution in [-0.2, 0) is 6.54 Å². The van der Waals surface area contributed by atoms with Crippen molar-refractivity contribution < 1.29 is 0 Å². The standard InChI is InChI=1S/C14H25N3/c1-11(2)7-12(15)13-8-16-10-17(13)9-14(3)5-4-6-14/h8,10-12H,4-7,9,15H2,1-3H3. The zero-order valence-electron chi connectivity index (χ0n) is 11.3. The normalized spacial score (nSPS) is 20.3. The molecule has 3 heteroatoms. The largest absolute Gasteiger partial charge is 0.333 e. The maximum atomic E-state index is 6.26. The molecule has 1 fully saturated rings. The first-order valence-electron chi connectivity index (χ1n) is 6.76. The third-order valence-electron chi connectivity index (χ3n) is 3.96. The Hall–Kier alpha value is -0.830. The fourth-order valence-electron chi connectivity index (χ4n) is 2.75. The van der Waals surface area contributed by atoms with Gasteiger partial charge in [-0.15, -0.1) is 0 Å². The SMILES string of the molecule is CC(C)CC(N)c1cncn1CC1(C)CCC1. The number of hydrogen-bond donors (Lipinski definition) is 1. The van der Waals surface area contributed by atoms with Crippen LogP contribution in [0.1, 0.15) is 58.2 Å². The Morgan fingerprint density at radius 2 is 2.18 bits per heavy atom. The van der Waals surface area contributed by atoms with Crippen molar-refractivity contribution in [1.82, 2.24) is 9.55 Å². The average molecular weight is 235 g/mol. The van der Waals surface area contributed by atoms with Crippen LogP contribution in [0.2, 0.25) is 0 Å². The van der Waals surface area contributed by atoms with Crippen LogP contribution >= 0.6 is 0 Å². The van der Waals surface area contributed by atoms with Crippen LogP contribution in [0.5, 0.6) is 0 Å². The van der Waals surface area contributed by atoms with E-state index in [9.17, 15) is 0 Å². The molecule has 17 heavy (non-hydrogen) atoms. The summed E-state index contributed by atoms with van der Waals surface area (Å²) < 4.78 is 2.27. The molecule has 1 saturated carbocycles. The lowest BCUT2D eigenvalue weighted by atomic mass is 9.70. The number of nitrogens with zero attached hydrogens (tertiary/aromatic N) is 2. The van der Waals surface area contributed by atoms with E-state index in [-0.39, 0.29) is 6.04 Å². The van der Waals surface area contributed by atoms with Gasteiger partial charge in [-0.25, -0.2) is 4.98 Å². The molecular formula is C14H25N3. The first-order valence-corrected chi connectivity index (χ1v) is 6.76. The summed E-state index contributed by atoms with van der Waals surface area (Å²) in [5, 5.41) is 0. The Kier molecular flexibility index (Phi) is 3.57. The van der Waals surface area contributed by atoms with Gasteiger partial charge in [-0.2, -0.15) is 0 Å². The van der Waals surface area contributed by atoms with Gasteiger partial charge in [0.1, 0.15) is 0 Å². The summed E-state index contributed by atoms with van der Waals surface area (Å²) >= 11 is 0. The molecule has 0 bridgehead atoms. The number of rotatable bonds is 5. The van der Waals surface area contributed by atoms with Crippen molar-refractivity contribution in [3.05, 3.63) is 18.2 Å². The zero-order chi connectivity index (χ0) is 12.5. The molecule has 3 nitrogen and oxygen atoms in total. The van der Waals surface area contributed by atoms with Crippen molar-refractivity contribution in [2.24, 2.45) is 17.1 Å². The van der Waals surface area contributed by atoms with E-state index in [2.05, 4.69) is 30.3 Å². The highest BCUT2D eigenvalue weighted by Gasteiger charge is 2.32. The third-order valence-corrected chi connectivity index (χ3v) is 3.96. The molecule has 0 amide bonds. The number of hydrogen-bond acceptors (Lipinski definition) is 2. The molecule has 0 aliphatic heterocycles. The molecule has 1 aromatic rings. The second-order valence-electron chi connectivity index (χ2n) is 6.35. The summed E-state index contributed by atoms with van der Waals surface area (Å²) in [5.74, 6) is 0.632. The van der Waals surface area contributed by atoms with E-state index >= 15 is 0 Å². The van der Waals surface area contributed by atoms with E-state index in [1.807, 2.05) is 12.5 Å². The van der Waals surface area contributed by atoms with Crippen molar-refractivity contribution in [3.8, 4) is 0 Å². The molecule has 1 heterocycles. The van der Waals surface area contributed by atoms with E-state index in [1.54, 1.807) is 0 Å². The fourth-order valence-corrected chi connectivity index (χ4v) is 2.75. The topological polar surface area (TPSA) is 43.8 Å². The van der Waals surface area contributed by atoms with Gasteiger partial charge in [0.2, 0.25) is 0 Å². The van der Waals surface area contributed by atoms with Gasteiger partial charge in [0, 0.05) is 18.8 Å². The molecular weight excluding hydrogens is 210 g/mol. The second kappa shape index (κ2) is 4.81. The Balaban J connectivity index is 2.05. The fraction of sp³-hybridized carbons (Fsp3) is 0.786. The van der Waals surface area contributed by atoms with E-state index in [4.69, 9.17) is 5.73 Å². The van der Waals surface area contributed by atoms with Crippen molar-refractivity contribution in [1.29, 1.82) is 0 Å². The van der Waals surface area contributed by atoms with Crippen LogP contribution < -0.4 is 5.73 Å². The summed E-state index contributed by atoms with van der Waals surface area (Å²) in [7, 11) is 0. The lowest BCUT2D eigenvalue weighted by Crippen LogP contribution is -2.32. The van der Waals surface area contributed by atoms with E-state index < -0.39 is 0 Å². The van der Waals surface area contributed by atoms with E-state index in [0.717, 1.165) is 13.0 Å². The summed E-state index contributed by atoms with van der Waals surface area (Å²) in [6.45, 7) is 7.88. The summed E-state index contributed by atoms with van der Waals surface area (Å²) in [5.41, 5.74) is 7.94. The molecule has 0 radical (unpaired) electrons. The van der Waals surface area contributed by atoms with Crippen molar-refractivity contribution >= 4 is 0 Å². The maximum Gasteiger partial charge on any atom is 0.0948 e. The van der Waals surface area contributed by atoms with Gasteiger partial charge in [0.05, 0.1) is 12.0 Å². The highest BCUT2D eigenvalue weighted by molar-refractivity contribution is 5.06. The van der Waals surface area contributed by atoms with Crippen LogP contribution in [0.4, 0.5) is 0 Å². The minimum absolute atomic E-state index is 0.126. The van der Waals surface area contributed by atoms with Crippen LogP contribution in [-0.4, -0.2) is 9.55 Å². The van der Waals surface area contributed by atoms with Gasteiger partial charge in [-0.1, -0.05) is 27.2 Å². The number of aromatic nitrogens is 2. The lowest BCUT2D eigenvalue weighted by molar-refractivity contribution is 0.130. The van der Waals surface area contributed by atoms with Gasteiger partial charge < -0.3 is 10.3 Å². The molecule has 0 saturated heterocycles. The predicted molar refractivity (Wildman–Crippen MR) is 70.6 cm³/mol. The summed E-state index contributed by atoms with van der Waals surface area (Å²) in [4.78, 5) is 4.28. The van der Waals surface area contributed by atoms with Crippen LogP contribution in [0.3, 0.4) is 0 Å². The first-order chi connectivity index (χ1) is 8.00. The van der Waals surface area contributed by atoms with E-state index in [0.29, 0.717) is 11.3 Å².